The number of pyridine rings is 1. The number of aromatic nitrogens is 2. The molecule has 0 saturated heterocycles. The number of carbonyl (C=O) groups is 1. The average Bonchev–Trinajstić information content (AvgIpc) is 3.15. The van der Waals surface area contributed by atoms with Gasteiger partial charge < -0.3 is 0 Å². The molecule has 0 radical (unpaired) electrons. The lowest BCUT2D eigenvalue weighted by Crippen LogP contribution is -2.31. The van der Waals surface area contributed by atoms with Crippen molar-refractivity contribution in [2.45, 2.75) is 13.0 Å². The van der Waals surface area contributed by atoms with Gasteiger partial charge in [-0.2, -0.15) is 0 Å². The summed E-state index contributed by atoms with van der Waals surface area (Å²) in [6.07, 6.45) is 3.51. The van der Waals surface area contributed by atoms with Gasteiger partial charge in [0.15, 0.2) is 5.13 Å². The number of rotatable bonds is 6. The Morgan fingerprint density at radius 2 is 1.93 bits per heavy atom. The zero-order chi connectivity index (χ0) is 21.1. The van der Waals surface area contributed by atoms with Gasteiger partial charge in [0.25, 0.3) is 5.69 Å². The van der Waals surface area contributed by atoms with Crippen LogP contribution in [0.2, 0.25) is 0 Å². The molecular weight excluding hydrogens is 468 g/mol. The Labute approximate surface area is 184 Å². The predicted octanol–water partition coefficient (Wildman–Crippen LogP) is 5.14. The topological polar surface area (TPSA) is 89.2 Å². The first kappa shape index (κ1) is 20.1. The first-order valence-corrected chi connectivity index (χ1v) is 10.6. The van der Waals surface area contributed by atoms with E-state index in [2.05, 4.69) is 25.9 Å². The van der Waals surface area contributed by atoms with Crippen molar-refractivity contribution >= 4 is 54.2 Å². The van der Waals surface area contributed by atoms with Gasteiger partial charge in [-0.25, -0.2) is 4.98 Å². The van der Waals surface area contributed by atoms with Crippen LogP contribution < -0.4 is 4.90 Å². The molecule has 0 aliphatic carbocycles. The first-order chi connectivity index (χ1) is 14.5. The molecular formula is C21H15BrN4O3S. The quantitative estimate of drug-likeness (QED) is 0.280. The molecule has 4 aromatic rings. The zero-order valence-corrected chi connectivity index (χ0v) is 18.0. The molecule has 2 aromatic carbocycles. The Morgan fingerprint density at radius 3 is 2.63 bits per heavy atom. The van der Waals surface area contributed by atoms with E-state index in [0.717, 1.165) is 20.3 Å². The number of nitro benzene ring substituents is 1. The van der Waals surface area contributed by atoms with Crippen LogP contribution >= 0.6 is 27.3 Å². The average molecular weight is 483 g/mol. The molecule has 4 rings (SSSR count). The summed E-state index contributed by atoms with van der Waals surface area (Å²) in [5.41, 5.74) is 2.40. The highest BCUT2D eigenvalue weighted by molar-refractivity contribution is 9.10. The van der Waals surface area contributed by atoms with Crippen molar-refractivity contribution in [1.29, 1.82) is 0 Å². The van der Waals surface area contributed by atoms with Crippen molar-refractivity contribution in [3.05, 3.63) is 92.7 Å². The lowest BCUT2D eigenvalue weighted by Gasteiger charge is -2.20. The lowest BCUT2D eigenvalue weighted by atomic mass is 10.1. The molecule has 30 heavy (non-hydrogen) atoms. The largest absolute Gasteiger partial charge is 0.283 e. The van der Waals surface area contributed by atoms with E-state index >= 15 is 0 Å². The summed E-state index contributed by atoms with van der Waals surface area (Å²) < 4.78 is 1.92. The number of halogens is 1. The van der Waals surface area contributed by atoms with E-state index in [9.17, 15) is 14.9 Å². The molecule has 0 saturated carbocycles. The van der Waals surface area contributed by atoms with E-state index < -0.39 is 4.92 Å². The molecule has 7 nitrogen and oxygen atoms in total. The van der Waals surface area contributed by atoms with E-state index in [1.807, 2.05) is 30.3 Å². The number of benzene rings is 2. The third-order valence-electron chi connectivity index (χ3n) is 4.44. The number of amides is 1. The van der Waals surface area contributed by atoms with Crippen molar-refractivity contribution in [2.75, 3.05) is 4.90 Å². The van der Waals surface area contributed by atoms with Gasteiger partial charge in [-0.3, -0.25) is 24.8 Å². The van der Waals surface area contributed by atoms with Crippen LogP contribution in [-0.2, 0) is 17.8 Å². The fraction of sp³-hybridized carbons (Fsp3) is 0.0952. The number of nitro groups is 1. The van der Waals surface area contributed by atoms with Gasteiger partial charge in [0.2, 0.25) is 5.91 Å². The third-order valence-corrected chi connectivity index (χ3v) is 5.97. The molecule has 0 N–H and O–H groups in total. The van der Waals surface area contributed by atoms with Crippen molar-refractivity contribution in [2.24, 2.45) is 0 Å². The fourth-order valence-corrected chi connectivity index (χ4v) is 4.48. The molecule has 0 atom stereocenters. The molecule has 9 heteroatoms. The van der Waals surface area contributed by atoms with Crippen molar-refractivity contribution in [1.82, 2.24) is 9.97 Å². The van der Waals surface area contributed by atoms with E-state index in [-0.39, 0.29) is 18.0 Å². The van der Waals surface area contributed by atoms with Crippen molar-refractivity contribution in [3.63, 3.8) is 0 Å². The molecule has 2 aromatic heterocycles. The molecule has 0 aliphatic heterocycles. The van der Waals surface area contributed by atoms with Gasteiger partial charge in [-0.05, 0) is 35.4 Å². The summed E-state index contributed by atoms with van der Waals surface area (Å²) >= 11 is 4.90. The number of hydrogen-bond donors (Lipinski definition) is 0. The number of hydrogen-bond acceptors (Lipinski definition) is 6. The van der Waals surface area contributed by atoms with Crippen LogP contribution in [0.25, 0.3) is 10.2 Å². The third kappa shape index (κ3) is 4.52. The van der Waals surface area contributed by atoms with Gasteiger partial charge in [0, 0.05) is 29.0 Å². The summed E-state index contributed by atoms with van der Waals surface area (Å²) in [4.78, 5) is 34.0. The second-order valence-electron chi connectivity index (χ2n) is 6.55. The monoisotopic (exact) mass is 482 g/mol. The van der Waals surface area contributed by atoms with Crippen LogP contribution in [0.4, 0.5) is 10.8 Å². The molecule has 0 unspecified atom stereocenters. The van der Waals surface area contributed by atoms with Crippen LogP contribution in [0.1, 0.15) is 11.1 Å². The molecule has 0 fully saturated rings. The van der Waals surface area contributed by atoms with Crippen LogP contribution in [0.3, 0.4) is 0 Å². The van der Waals surface area contributed by atoms with Gasteiger partial charge in [0.1, 0.15) is 0 Å². The van der Waals surface area contributed by atoms with Crippen molar-refractivity contribution in [3.8, 4) is 0 Å². The summed E-state index contributed by atoms with van der Waals surface area (Å²) in [7, 11) is 0. The Morgan fingerprint density at radius 1 is 1.13 bits per heavy atom. The minimum absolute atomic E-state index is 0.00448. The molecule has 150 valence electrons. The Balaban J connectivity index is 1.65. The van der Waals surface area contributed by atoms with Gasteiger partial charge in [-0.15, -0.1) is 0 Å². The number of non-ortho nitro benzene ring substituents is 1. The highest BCUT2D eigenvalue weighted by atomic mass is 79.9. The van der Waals surface area contributed by atoms with Crippen LogP contribution in [0, 0.1) is 10.1 Å². The maximum absolute atomic E-state index is 13.2. The number of nitrogens with zero attached hydrogens (tertiary/aromatic N) is 4. The summed E-state index contributed by atoms with van der Waals surface area (Å²) in [5.74, 6) is -0.147. The Hall–Kier alpha value is -3.17. The molecule has 0 aliphatic rings. The number of anilines is 1. The standard InChI is InChI=1S/C21H15BrN4O3S/c22-16-5-8-18-19(11-16)30-21(24-18)25(13-15-2-1-9-23-12-15)20(27)10-14-3-6-17(7-4-14)26(28)29/h1-9,11-12H,10,13H2. The van der Waals surface area contributed by atoms with E-state index in [0.29, 0.717) is 17.2 Å². The van der Waals surface area contributed by atoms with E-state index in [1.165, 1.54) is 23.5 Å². The molecule has 0 spiro atoms. The maximum Gasteiger partial charge on any atom is 0.269 e. The first-order valence-electron chi connectivity index (χ1n) is 8.98. The highest BCUT2D eigenvalue weighted by Gasteiger charge is 2.21. The van der Waals surface area contributed by atoms with Crippen LogP contribution in [0.15, 0.2) is 71.5 Å². The van der Waals surface area contributed by atoms with Gasteiger partial charge >= 0.3 is 0 Å². The SMILES string of the molecule is O=C(Cc1ccc([N+](=O)[O-])cc1)N(Cc1cccnc1)c1nc2ccc(Br)cc2s1. The normalized spacial score (nSPS) is 10.8. The smallest absolute Gasteiger partial charge is 0.269 e. The van der Waals surface area contributed by atoms with Crippen LogP contribution in [0.5, 0.6) is 0 Å². The fourth-order valence-electron chi connectivity index (χ4n) is 2.94. The highest BCUT2D eigenvalue weighted by Crippen LogP contribution is 2.32. The summed E-state index contributed by atoms with van der Waals surface area (Å²) in [6.45, 7) is 0.334. The van der Waals surface area contributed by atoms with Gasteiger partial charge in [0.05, 0.1) is 28.1 Å². The predicted molar refractivity (Wildman–Crippen MR) is 120 cm³/mol. The Kier molecular flexibility index (Phi) is 5.82. The molecule has 2 heterocycles. The maximum atomic E-state index is 13.2. The minimum atomic E-state index is -0.459. The number of carbonyl (C=O) groups excluding carboxylic acids is 1. The number of fused-ring (bicyclic) bond motifs is 1. The Bertz CT molecular complexity index is 1210. The molecule has 1 amide bonds. The van der Waals surface area contributed by atoms with E-state index in [1.54, 1.807) is 29.4 Å². The van der Waals surface area contributed by atoms with Crippen molar-refractivity contribution < 1.29 is 9.72 Å². The van der Waals surface area contributed by atoms with E-state index in [4.69, 9.17) is 0 Å². The van der Waals surface area contributed by atoms with Crippen LogP contribution in [-0.4, -0.2) is 20.8 Å². The minimum Gasteiger partial charge on any atom is -0.283 e. The second kappa shape index (κ2) is 8.68. The summed E-state index contributed by atoms with van der Waals surface area (Å²) in [5, 5.41) is 11.5. The zero-order valence-electron chi connectivity index (χ0n) is 15.6. The molecule has 0 bridgehead atoms. The summed E-state index contributed by atoms with van der Waals surface area (Å²) in [6, 6.07) is 15.5. The van der Waals surface area contributed by atoms with Gasteiger partial charge in [-0.1, -0.05) is 45.5 Å². The second-order valence-corrected chi connectivity index (χ2v) is 8.47. The number of thiazole rings is 1. The lowest BCUT2D eigenvalue weighted by molar-refractivity contribution is -0.384.